The second-order valence-corrected chi connectivity index (χ2v) is 5.72. The highest BCUT2D eigenvalue weighted by Gasteiger charge is 2.02. The summed E-state index contributed by atoms with van der Waals surface area (Å²) in [6.07, 6.45) is 3.36. The third-order valence-electron chi connectivity index (χ3n) is 3.40. The van der Waals surface area contributed by atoms with Crippen molar-refractivity contribution in [3.8, 4) is 5.75 Å². The minimum atomic E-state index is -0.182. The molecule has 0 aliphatic rings. The number of nitrogens with one attached hydrogen (secondary N) is 1. The molecule has 0 aromatic heterocycles. The summed E-state index contributed by atoms with van der Waals surface area (Å²) in [5.74, 6) is 0.599. The Balaban J connectivity index is 1.93. The Kier molecular flexibility index (Phi) is 6.58. The first-order valence-corrected chi connectivity index (χ1v) is 7.98. The molecule has 4 heteroatoms. The van der Waals surface area contributed by atoms with Gasteiger partial charge in [0.15, 0.2) is 0 Å². The van der Waals surface area contributed by atoms with E-state index >= 15 is 0 Å². The number of hydrogen-bond donors (Lipinski definition) is 2. The van der Waals surface area contributed by atoms with Gasteiger partial charge in [-0.2, -0.15) is 0 Å². The van der Waals surface area contributed by atoms with Gasteiger partial charge in [0.2, 0.25) is 5.91 Å². The summed E-state index contributed by atoms with van der Waals surface area (Å²) in [6.45, 7) is 4.29. The number of aliphatic hydroxyl groups excluding tert-OH is 1. The van der Waals surface area contributed by atoms with Crippen LogP contribution in [0.2, 0.25) is 0 Å². The number of benzene rings is 2. The fraction of sp³-hybridized carbons (Fsp3) is 0.250. The highest BCUT2D eigenvalue weighted by molar-refractivity contribution is 5.91. The number of amides is 1. The Morgan fingerprint density at radius 3 is 2.62 bits per heavy atom. The Labute approximate surface area is 142 Å². The number of ether oxygens (including phenoxy) is 1. The Morgan fingerprint density at radius 1 is 1.17 bits per heavy atom. The first-order valence-electron chi connectivity index (χ1n) is 7.98. The van der Waals surface area contributed by atoms with Crippen LogP contribution in [0.5, 0.6) is 5.75 Å². The van der Waals surface area contributed by atoms with E-state index in [1.165, 1.54) is 6.08 Å². The lowest BCUT2D eigenvalue weighted by atomic mass is 10.1. The van der Waals surface area contributed by atoms with E-state index in [4.69, 9.17) is 4.74 Å². The van der Waals surface area contributed by atoms with Crippen molar-refractivity contribution in [3.05, 3.63) is 71.3 Å². The predicted molar refractivity (Wildman–Crippen MR) is 95.5 cm³/mol. The van der Waals surface area contributed by atoms with E-state index in [2.05, 4.69) is 5.32 Å². The molecule has 126 valence electrons. The van der Waals surface area contributed by atoms with Crippen molar-refractivity contribution in [2.45, 2.75) is 33.1 Å². The van der Waals surface area contributed by atoms with Crippen LogP contribution in [0.15, 0.2) is 54.6 Å². The smallest absolute Gasteiger partial charge is 0.244 e. The average molecular weight is 325 g/mol. The van der Waals surface area contributed by atoms with E-state index in [1.54, 1.807) is 6.08 Å². The average Bonchev–Trinajstić information content (AvgIpc) is 2.58. The highest BCUT2D eigenvalue weighted by atomic mass is 16.5. The molecule has 0 atom stereocenters. The SMILES string of the molecule is CC(C)Oc1cccc(/C=C/C(=O)NCc2ccccc2CO)c1. The van der Waals surface area contributed by atoms with Gasteiger partial charge in [-0.25, -0.2) is 0 Å². The normalized spacial score (nSPS) is 11.0. The molecule has 2 N–H and O–H groups in total. The van der Waals surface area contributed by atoms with Gasteiger partial charge in [0.05, 0.1) is 12.7 Å². The van der Waals surface area contributed by atoms with Crippen LogP contribution in [0.1, 0.15) is 30.5 Å². The molecule has 24 heavy (non-hydrogen) atoms. The van der Waals surface area contributed by atoms with E-state index in [9.17, 15) is 9.90 Å². The standard InChI is InChI=1S/C20H23NO3/c1-15(2)24-19-9-5-6-16(12-19)10-11-20(23)21-13-17-7-3-4-8-18(17)14-22/h3-12,15,22H,13-14H2,1-2H3,(H,21,23)/b11-10+. The van der Waals surface area contributed by atoms with Crippen LogP contribution >= 0.6 is 0 Å². The van der Waals surface area contributed by atoms with Gasteiger partial charge in [-0.3, -0.25) is 4.79 Å². The van der Waals surface area contributed by atoms with Crippen molar-refractivity contribution in [2.75, 3.05) is 0 Å². The maximum absolute atomic E-state index is 12.0. The van der Waals surface area contributed by atoms with Crippen molar-refractivity contribution in [1.82, 2.24) is 5.32 Å². The van der Waals surface area contributed by atoms with Gasteiger partial charge in [0, 0.05) is 12.6 Å². The van der Waals surface area contributed by atoms with Gasteiger partial charge in [-0.1, -0.05) is 36.4 Å². The molecule has 0 heterocycles. The summed E-state index contributed by atoms with van der Waals surface area (Å²) in [5.41, 5.74) is 2.63. The van der Waals surface area contributed by atoms with Crippen LogP contribution in [0.25, 0.3) is 6.08 Å². The zero-order chi connectivity index (χ0) is 17.4. The van der Waals surface area contributed by atoms with Gasteiger partial charge >= 0.3 is 0 Å². The number of aliphatic hydroxyl groups is 1. The first-order chi connectivity index (χ1) is 11.6. The second-order valence-electron chi connectivity index (χ2n) is 5.72. The summed E-state index contributed by atoms with van der Waals surface area (Å²) >= 11 is 0. The van der Waals surface area contributed by atoms with Crippen molar-refractivity contribution in [3.63, 3.8) is 0 Å². The minimum Gasteiger partial charge on any atom is -0.491 e. The molecular formula is C20H23NO3. The molecular weight excluding hydrogens is 302 g/mol. The van der Waals surface area contributed by atoms with Gasteiger partial charge in [0.25, 0.3) is 0 Å². The lowest BCUT2D eigenvalue weighted by Crippen LogP contribution is -2.21. The zero-order valence-corrected chi connectivity index (χ0v) is 14.0. The number of hydrogen-bond acceptors (Lipinski definition) is 3. The van der Waals surface area contributed by atoms with Gasteiger partial charge in [-0.15, -0.1) is 0 Å². The van der Waals surface area contributed by atoms with E-state index < -0.39 is 0 Å². The monoisotopic (exact) mass is 325 g/mol. The molecule has 1 amide bonds. The third-order valence-corrected chi connectivity index (χ3v) is 3.40. The van der Waals surface area contributed by atoms with Crippen molar-refractivity contribution in [1.29, 1.82) is 0 Å². The van der Waals surface area contributed by atoms with Crippen LogP contribution in [0, 0.1) is 0 Å². The number of carbonyl (C=O) groups is 1. The molecule has 0 fully saturated rings. The molecule has 0 aliphatic heterocycles. The minimum absolute atomic E-state index is 0.0372. The molecule has 0 saturated heterocycles. The summed E-state index contributed by atoms with van der Waals surface area (Å²) in [5, 5.41) is 12.1. The summed E-state index contributed by atoms with van der Waals surface area (Å²) in [7, 11) is 0. The van der Waals surface area contributed by atoms with E-state index in [1.807, 2.05) is 62.4 Å². The third kappa shape index (κ3) is 5.56. The van der Waals surface area contributed by atoms with E-state index in [-0.39, 0.29) is 18.6 Å². The van der Waals surface area contributed by atoms with Gasteiger partial charge < -0.3 is 15.2 Å². The lowest BCUT2D eigenvalue weighted by Gasteiger charge is -2.09. The molecule has 2 rings (SSSR count). The fourth-order valence-corrected chi connectivity index (χ4v) is 2.26. The van der Waals surface area contributed by atoms with Crippen molar-refractivity contribution in [2.24, 2.45) is 0 Å². The molecule has 4 nitrogen and oxygen atoms in total. The summed E-state index contributed by atoms with van der Waals surface area (Å²) in [4.78, 5) is 12.0. The highest BCUT2D eigenvalue weighted by Crippen LogP contribution is 2.16. The quantitative estimate of drug-likeness (QED) is 0.768. The van der Waals surface area contributed by atoms with Crippen LogP contribution in [-0.4, -0.2) is 17.1 Å². The molecule has 0 spiro atoms. The molecule has 0 bridgehead atoms. The summed E-state index contributed by atoms with van der Waals surface area (Å²) < 4.78 is 5.63. The van der Waals surface area contributed by atoms with Crippen molar-refractivity contribution >= 4 is 12.0 Å². The van der Waals surface area contributed by atoms with E-state index in [0.717, 1.165) is 22.4 Å². The Hall–Kier alpha value is -2.59. The largest absolute Gasteiger partial charge is 0.491 e. The van der Waals surface area contributed by atoms with Crippen molar-refractivity contribution < 1.29 is 14.6 Å². The van der Waals surface area contributed by atoms with Crippen LogP contribution in [0.3, 0.4) is 0 Å². The fourth-order valence-electron chi connectivity index (χ4n) is 2.26. The van der Waals surface area contributed by atoms with Crippen LogP contribution < -0.4 is 10.1 Å². The maximum Gasteiger partial charge on any atom is 0.244 e. The zero-order valence-electron chi connectivity index (χ0n) is 14.0. The topological polar surface area (TPSA) is 58.6 Å². The maximum atomic E-state index is 12.0. The van der Waals surface area contributed by atoms with Crippen LogP contribution in [-0.2, 0) is 17.9 Å². The molecule has 0 aliphatic carbocycles. The van der Waals surface area contributed by atoms with Gasteiger partial charge in [-0.05, 0) is 48.7 Å². The van der Waals surface area contributed by atoms with Crippen LogP contribution in [0.4, 0.5) is 0 Å². The molecule has 2 aromatic carbocycles. The first kappa shape index (κ1) is 17.8. The Morgan fingerprint density at radius 2 is 1.92 bits per heavy atom. The summed E-state index contributed by atoms with van der Waals surface area (Å²) in [6, 6.07) is 15.1. The van der Waals surface area contributed by atoms with E-state index in [0.29, 0.717) is 6.54 Å². The number of rotatable bonds is 7. The number of carbonyl (C=O) groups excluding carboxylic acids is 1. The molecule has 0 saturated carbocycles. The van der Waals surface area contributed by atoms with Gasteiger partial charge in [0.1, 0.15) is 5.75 Å². The molecule has 0 radical (unpaired) electrons. The Bertz CT molecular complexity index is 708. The second kappa shape index (κ2) is 8.89. The molecule has 2 aromatic rings. The predicted octanol–water partition coefficient (Wildman–Crippen LogP) is 3.30. The molecule has 0 unspecified atom stereocenters. The lowest BCUT2D eigenvalue weighted by molar-refractivity contribution is -0.116.